The maximum Gasteiger partial charge on any atom is 0.335 e. The van der Waals surface area contributed by atoms with Gasteiger partial charge in [-0.3, -0.25) is 57.2 Å². The smallest absolute Gasteiger partial charge is 0.335 e. The van der Waals surface area contributed by atoms with Gasteiger partial charge in [-0.2, -0.15) is 26.3 Å². The van der Waals surface area contributed by atoms with Gasteiger partial charge in [0.05, 0.1) is 31.5 Å². The number of hydrogen-bond acceptors (Lipinski definition) is 26. The van der Waals surface area contributed by atoms with E-state index in [1.807, 2.05) is 67.7 Å². The van der Waals surface area contributed by atoms with Crippen molar-refractivity contribution in [1.29, 1.82) is 0 Å². The molecule has 3 aliphatic rings. The van der Waals surface area contributed by atoms with E-state index in [1.165, 1.54) is 54.3 Å². The third-order valence-electron chi connectivity index (χ3n) is 18.2. The Morgan fingerprint density at radius 1 is 0.636 bits per heavy atom. The zero-order valence-electron chi connectivity index (χ0n) is 69.1. The molecule has 692 valence electrons. The molecular weight excluding hydrogens is 1760 g/mol. The third kappa shape index (κ3) is 32.4. The lowest BCUT2D eigenvalue weighted by atomic mass is 9.98. The fourth-order valence-corrected chi connectivity index (χ4v) is 15.2. The van der Waals surface area contributed by atoms with Gasteiger partial charge in [0.15, 0.2) is 18.7 Å². The van der Waals surface area contributed by atoms with Crippen molar-refractivity contribution in [3.8, 4) is 0 Å². The number of likely N-dealkylation sites (N-methyl/N-ethyl adjacent to an activating group) is 3. The van der Waals surface area contributed by atoms with Crippen LogP contribution >= 0.6 is 45.9 Å². The molecule has 3 aliphatic heterocycles. The monoisotopic (exact) mass is 1880 g/mol. The number of aryl methyl sites for hydroxylation is 3. The predicted octanol–water partition coefficient (Wildman–Crippen LogP) is 8.21. The Labute approximate surface area is 709 Å². The quantitative estimate of drug-likeness (QED) is 0.00569. The second-order valence-electron chi connectivity index (χ2n) is 28.7. The van der Waals surface area contributed by atoms with Gasteiger partial charge in [-0.25, -0.2) is 30.2 Å². The molecule has 7 rings (SSSR count). The zero-order chi connectivity index (χ0) is 90.1. The first-order chi connectivity index (χ1) is 54.8. The summed E-state index contributed by atoms with van der Waals surface area (Å²) in [7, 11) is -8.53. The normalized spacial score (nSPS) is 21.1. The first kappa shape index (κ1) is 114. The fourth-order valence-electron chi connectivity index (χ4n) is 11.4. The van der Waals surface area contributed by atoms with Crippen LogP contribution in [0.1, 0.15) is 124 Å². The van der Waals surface area contributed by atoms with Crippen LogP contribution in [0.25, 0.3) is 4.85 Å². The molecule has 0 radical (unpaired) electrons. The highest BCUT2D eigenvalue weighted by molar-refractivity contribution is 9.09. The molecule has 13 atom stereocenters. The Hall–Kier alpha value is -6.67. The van der Waals surface area contributed by atoms with Crippen LogP contribution in [0.4, 0.5) is 26.3 Å². The first-order valence-electron chi connectivity index (χ1n) is 36.7. The molecule has 3 saturated heterocycles. The van der Waals surface area contributed by atoms with Crippen molar-refractivity contribution in [1.82, 2.24) is 48.9 Å². The van der Waals surface area contributed by atoms with Crippen LogP contribution in [0, 0.1) is 33.3 Å². The summed E-state index contributed by atoms with van der Waals surface area (Å²) in [6, 6.07) is 8.91. The van der Waals surface area contributed by atoms with Crippen molar-refractivity contribution in [2.75, 3.05) is 113 Å². The number of hydrogen-bond donors (Lipinski definition) is 7. The topological polar surface area (TPSA) is 450 Å². The van der Waals surface area contributed by atoms with Gasteiger partial charge in [0, 0.05) is 101 Å². The summed E-state index contributed by atoms with van der Waals surface area (Å²) in [6.45, 7) is 27.0. The molecule has 121 heavy (non-hydrogen) atoms. The number of amides is 3. The number of aromatic amines is 2. The van der Waals surface area contributed by atoms with Gasteiger partial charge in [-0.15, -0.1) is 0 Å². The Bertz CT molecular complexity index is 4530. The fraction of sp³-hybridized carbons (Fsp3) is 0.689. The lowest BCUT2D eigenvalue weighted by Gasteiger charge is -2.38. The van der Waals surface area contributed by atoms with Gasteiger partial charge >= 0.3 is 23.0 Å². The molecule has 1 aromatic carbocycles. The number of carbonyl (C=O) groups is 4. The number of esters is 1. The predicted molar refractivity (Wildman–Crippen MR) is 449 cm³/mol. The number of aliphatic hydroxyl groups is 2. The average Bonchev–Trinajstić information content (AvgIpc) is 1.59. The number of carbonyl (C=O) groups excluding carboxylic acids is 4. The van der Waals surface area contributed by atoms with Gasteiger partial charge in [0.1, 0.15) is 90.4 Å². The first-order valence-corrected chi connectivity index (χ1v) is 46.7. The van der Waals surface area contributed by atoms with Gasteiger partial charge in [-0.1, -0.05) is 75.5 Å². The van der Waals surface area contributed by atoms with Gasteiger partial charge in [-0.05, 0) is 101 Å². The molecule has 6 heterocycles. The standard InChI is InChI=1S/C25H41F2N5O8P2.C25H34F2N3O7P.C16H24F2N3O7P.C4H7BrO2.CH4O.3CH4/c1-15(2)32(16(3)4)41(38-11-10-28-6)40-20-18(12-25(26,27)42(8,9)36)39-23(21(20)37-14-19(33)29-7)31-13-17(5)22(34)30-24(31)35;1-16-12-29(24(33)30(22(16)32)15-35-13-18-9-7-6-8-10-18)23-21(36-14-20(31)28-3)17(2)19(37-23)11-25(26,27)38(4,5)34;1-8-6-21(15(25)20-13(8)24)14-12(27-7-10(22)19-2)11(23)9(28-14)5-16(17,18)29(3,4)26;1-2-7-4(6)3-5;1-2;;;/h13,15-16,18,20-21,23H,10-12,14H2,1-5,7-9H3,(H,29,33)(H,30,34,35);6-10,12,17,19,21,23H,11,13-15H2,1-5H3,(H,28,31);6,9,11-12,14,23H,5,7H2,1-4H3,(H,19,22)(H,20,24,25);2-3H2,1H3;2H,1H3;3*1H4/t18-,20-,21-,23-,41?;17-,19-,21-,23-;9-,11-,12-,14-;;;;;/m111...../s1. The summed E-state index contributed by atoms with van der Waals surface area (Å²) >= 11 is 2.94. The largest absolute Gasteiger partial charge is 0.465 e. The number of halogens is 7. The molecule has 0 saturated carbocycles. The minimum absolute atomic E-state index is 0. The number of benzene rings is 1. The van der Waals surface area contributed by atoms with E-state index in [-0.39, 0.29) is 83.5 Å². The Morgan fingerprint density at radius 3 is 1.45 bits per heavy atom. The number of ether oxygens (including phenoxy) is 8. The van der Waals surface area contributed by atoms with Crippen LogP contribution < -0.4 is 49.7 Å². The second kappa shape index (κ2) is 51.1. The molecule has 36 nitrogen and oxygen atoms in total. The van der Waals surface area contributed by atoms with E-state index in [2.05, 4.69) is 46.4 Å². The number of aromatic nitrogens is 6. The number of nitrogens with zero attached hydrogens (tertiary/aromatic N) is 6. The van der Waals surface area contributed by atoms with E-state index in [4.69, 9.17) is 53.9 Å². The molecule has 0 bridgehead atoms. The summed E-state index contributed by atoms with van der Waals surface area (Å²) in [5.41, 5.74) is -14.0. The summed E-state index contributed by atoms with van der Waals surface area (Å²) in [5.74, 6) is -2.47. The van der Waals surface area contributed by atoms with Crippen molar-refractivity contribution in [2.24, 2.45) is 5.92 Å². The van der Waals surface area contributed by atoms with Crippen LogP contribution in [-0.2, 0) is 93.2 Å². The van der Waals surface area contributed by atoms with Gasteiger partial charge in [0.25, 0.3) is 42.2 Å². The molecule has 0 aliphatic carbocycles. The van der Waals surface area contributed by atoms with Gasteiger partial charge < -0.3 is 91.6 Å². The maximum atomic E-state index is 15.3. The van der Waals surface area contributed by atoms with Crippen LogP contribution in [-0.4, -0.2) is 258 Å². The van der Waals surface area contributed by atoms with E-state index in [9.17, 15) is 84.3 Å². The van der Waals surface area contributed by atoms with Crippen LogP contribution in [0.3, 0.4) is 0 Å². The summed E-state index contributed by atoms with van der Waals surface area (Å²) in [4.78, 5) is 128. The van der Waals surface area contributed by atoms with E-state index >= 15 is 8.78 Å². The highest BCUT2D eigenvalue weighted by atomic mass is 79.9. The number of aliphatic hydroxyl groups excluding tert-OH is 2. The SMILES string of the molecule is C.C.C.CCOC(=O)CBr.CNC(=O)CO[C@@H]1[C@H](C)[C@@H](CC(F)(F)P(C)(C)=O)O[C@H]1n1cc(C)c(=O)n(COCc2ccccc2)c1=O.CNC(=O)CO[C@@H]1[C@H](O)[C@@H](CC(F)(F)P(C)(C)=O)O[C@H]1n1cc(C)c(=O)[nH]c1=O.CO.[C-]#[N+]CCOP(O[C@H]1[C@@H](OCC(=O)NC)[C@H](n2cc(C)c(=O)[nH]c2=O)O[C@@H]1CC(F)(F)P(C)(C)=O)N(C(C)C)C(C)C. The summed E-state index contributed by atoms with van der Waals surface area (Å²) in [5, 5.41) is 24.9. The van der Waals surface area contributed by atoms with Crippen molar-refractivity contribution in [3.05, 3.63) is 145 Å². The van der Waals surface area contributed by atoms with Crippen LogP contribution in [0.2, 0.25) is 0 Å². The van der Waals surface area contributed by atoms with Crippen LogP contribution in [0.15, 0.2) is 77.7 Å². The molecule has 4 aromatic rings. The van der Waals surface area contributed by atoms with E-state index in [0.717, 1.165) is 77.1 Å². The number of nitrogens with one attached hydrogen (secondary N) is 5. The van der Waals surface area contributed by atoms with Crippen molar-refractivity contribution < 1.29 is 116 Å². The van der Waals surface area contributed by atoms with Crippen molar-refractivity contribution in [3.63, 3.8) is 0 Å². The Balaban J connectivity index is 0.00000170. The minimum Gasteiger partial charge on any atom is -0.465 e. The summed E-state index contributed by atoms with van der Waals surface area (Å²) in [6.07, 6.45) is -14.3. The maximum absolute atomic E-state index is 15.3. The van der Waals surface area contributed by atoms with Crippen molar-refractivity contribution >= 4 is 69.6 Å². The van der Waals surface area contributed by atoms with Crippen molar-refractivity contribution in [2.45, 2.75) is 214 Å². The van der Waals surface area contributed by atoms with Gasteiger partial charge in [0.2, 0.25) is 24.3 Å². The number of H-pyrrole nitrogens is 2. The van der Waals surface area contributed by atoms with E-state index in [1.54, 1.807) is 13.8 Å². The second-order valence-corrected chi connectivity index (χ2v) is 40.8. The summed E-state index contributed by atoms with van der Waals surface area (Å²) < 4.78 is 188. The number of rotatable bonds is 35. The highest BCUT2D eigenvalue weighted by Gasteiger charge is 2.58. The minimum atomic E-state index is -3.98. The molecule has 7 N–H and O–H groups in total. The number of alkyl halides is 7. The zero-order valence-corrected chi connectivity index (χ0v) is 74.3. The third-order valence-corrected chi connectivity index (χ3v) is 26.0. The average molecular weight is 1880 g/mol. The Morgan fingerprint density at radius 2 is 1.03 bits per heavy atom. The molecule has 47 heteroatoms. The Kier molecular flexibility index (Phi) is 48.3. The molecule has 3 amide bonds. The van der Waals surface area contributed by atoms with E-state index in [0.29, 0.717) is 11.9 Å². The molecular formula is C74H122BrF6N11O25P4. The van der Waals surface area contributed by atoms with Crippen LogP contribution in [0.5, 0.6) is 0 Å². The molecule has 1 unspecified atom stereocenters. The lowest BCUT2D eigenvalue weighted by Crippen LogP contribution is -2.45. The van der Waals surface area contributed by atoms with E-state index < -0.39 is 211 Å². The molecule has 3 aromatic heterocycles. The lowest BCUT2D eigenvalue weighted by molar-refractivity contribution is -0.140. The highest BCUT2D eigenvalue weighted by Crippen LogP contribution is 2.61. The molecule has 3 fully saturated rings. The molecule has 0 spiro atoms.